The van der Waals surface area contributed by atoms with Crippen LogP contribution >= 0.6 is 0 Å². The molecule has 1 unspecified atom stereocenters. The molecule has 0 amide bonds. The Morgan fingerprint density at radius 1 is 1.64 bits per heavy atom. The van der Waals surface area contributed by atoms with E-state index in [0.29, 0.717) is 6.54 Å². The van der Waals surface area contributed by atoms with Gasteiger partial charge in [0.25, 0.3) is 0 Å². The third kappa shape index (κ3) is 1.70. The summed E-state index contributed by atoms with van der Waals surface area (Å²) in [5.41, 5.74) is 6.75. The van der Waals surface area contributed by atoms with Crippen LogP contribution in [0.2, 0.25) is 0 Å². The number of anilines is 1. The average molecular weight is 192 g/mol. The Labute approximate surface area is 84.1 Å². The highest BCUT2D eigenvalue weighted by molar-refractivity contribution is 5.46. The molecule has 1 atom stereocenters. The molecule has 1 saturated heterocycles. The lowest BCUT2D eigenvalue weighted by Crippen LogP contribution is -2.23. The smallest absolute Gasteiger partial charge is 0.155 e. The maximum atomic E-state index is 5.66. The summed E-state index contributed by atoms with van der Waals surface area (Å²) in [4.78, 5) is 2.28. The number of hydrogen-bond donors (Lipinski definition) is 1. The van der Waals surface area contributed by atoms with E-state index in [1.807, 2.05) is 6.07 Å². The van der Waals surface area contributed by atoms with Gasteiger partial charge >= 0.3 is 0 Å². The van der Waals surface area contributed by atoms with E-state index in [1.165, 1.54) is 6.42 Å². The van der Waals surface area contributed by atoms with Crippen LogP contribution in [0.15, 0.2) is 12.3 Å². The van der Waals surface area contributed by atoms with Crippen molar-refractivity contribution in [1.29, 1.82) is 0 Å². The fraction of sp³-hybridized carbons (Fsp3) is 0.600. The molecule has 0 bridgehead atoms. The first-order valence-corrected chi connectivity index (χ1v) is 5.07. The van der Waals surface area contributed by atoms with Crippen molar-refractivity contribution in [3.8, 4) is 0 Å². The summed E-state index contributed by atoms with van der Waals surface area (Å²) in [6.07, 6.45) is 2.94. The largest absolute Gasteiger partial charge is 0.355 e. The summed E-state index contributed by atoms with van der Waals surface area (Å²) >= 11 is 0. The molecule has 1 aliphatic heterocycles. The highest BCUT2D eigenvalue weighted by atomic mass is 15.3. The Morgan fingerprint density at radius 2 is 2.50 bits per heavy atom. The zero-order valence-electron chi connectivity index (χ0n) is 8.48. The van der Waals surface area contributed by atoms with E-state index in [1.54, 1.807) is 6.20 Å². The molecule has 1 fully saturated rings. The third-order valence-electron chi connectivity index (χ3n) is 2.73. The minimum Gasteiger partial charge on any atom is -0.355 e. The second-order valence-electron chi connectivity index (χ2n) is 3.92. The highest BCUT2D eigenvalue weighted by Crippen LogP contribution is 2.23. The molecule has 1 aromatic heterocycles. The molecule has 14 heavy (non-hydrogen) atoms. The number of aromatic nitrogens is 2. The maximum Gasteiger partial charge on any atom is 0.155 e. The van der Waals surface area contributed by atoms with Crippen LogP contribution in [0, 0.1) is 5.92 Å². The van der Waals surface area contributed by atoms with E-state index >= 15 is 0 Å². The van der Waals surface area contributed by atoms with Gasteiger partial charge in [-0.3, -0.25) is 0 Å². The van der Waals surface area contributed by atoms with E-state index in [4.69, 9.17) is 5.73 Å². The van der Waals surface area contributed by atoms with Crippen molar-refractivity contribution in [3.63, 3.8) is 0 Å². The quantitative estimate of drug-likeness (QED) is 0.752. The molecule has 2 N–H and O–H groups in total. The summed E-state index contributed by atoms with van der Waals surface area (Å²) < 4.78 is 0. The number of hydrogen-bond acceptors (Lipinski definition) is 4. The van der Waals surface area contributed by atoms with Crippen LogP contribution in [0.3, 0.4) is 0 Å². The zero-order valence-corrected chi connectivity index (χ0v) is 8.48. The lowest BCUT2D eigenvalue weighted by Gasteiger charge is -2.18. The first-order chi connectivity index (χ1) is 6.81. The van der Waals surface area contributed by atoms with Crippen LogP contribution in [-0.2, 0) is 6.54 Å². The predicted molar refractivity (Wildman–Crippen MR) is 55.9 cm³/mol. The Kier molecular flexibility index (Phi) is 2.63. The van der Waals surface area contributed by atoms with E-state index in [2.05, 4.69) is 22.0 Å². The topological polar surface area (TPSA) is 55.0 Å². The van der Waals surface area contributed by atoms with Gasteiger partial charge < -0.3 is 10.6 Å². The molecule has 0 spiro atoms. The van der Waals surface area contributed by atoms with Gasteiger partial charge in [-0.15, -0.1) is 5.10 Å². The van der Waals surface area contributed by atoms with Gasteiger partial charge in [0, 0.05) is 25.2 Å². The standard InChI is InChI=1S/C10H16N4/c1-8-3-5-14(7-8)10-9(6-11)2-4-12-13-10/h2,4,8H,3,5-7,11H2,1H3. The Morgan fingerprint density at radius 3 is 3.14 bits per heavy atom. The van der Waals surface area contributed by atoms with Crippen molar-refractivity contribution in [2.75, 3.05) is 18.0 Å². The van der Waals surface area contributed by atoms with Crippen molar-refractivity contribution in [2.24, 2.45) is 11.7 Å². The predicted octanol–water partition coefficient (Wildman–Crippen LogP) is 0.781. The number of rotatable bonds is 2. The van der Waals surface area contributed by atoms with Gasteiger partial charge in [0.15, 0.2) is 5.82 Å². The minimum absolute atomic E-state index is 0.537. The van der Waals surface area contributed by atoms with Gasteiger partial charge in [-0.2, -0.15) is 5.10 Å². The van der Waals surface area contributed by atoms with Crippen LogP contribution in [0.4, 0.5) is 5.82 Å². The lowest BCUT2D eigenvalue weighted by atomic mass is 10.2. The van der Waals surface area contributed by atoms with Crippen molar-refractivity contribution in [1.82, 2.24) is 10.2 Å². The number of nitrogens with zero attached hydrogens (tertiary/aromatic N) is 3. The molecule has 1 aromatic rings. The molecule has 1 aliphatic rings. The fourth-order valence-electron chi connectivity index (χ4n) is 1.90. The van der Waals surface area contributed by atoms with Crippen molar-refractivity contribution in [3.05, 3.63) is 17.8 Å². The molecular formula is C10H16N4. The van der Waals surface area contributed by atoms with Gasteiger partial charge in [0.2, 0.25) is 0 Å². The van der Waals surface area contributed by atoms with Gasteiger partial charge in [-0.05, 0) is 18.4 Å². The fourth-order valence-corrected chi connectivity index (χ4v) is 1.90. The molecule has 0 radical (unpaired) electrons. The average Bonchev–Trinajstić information content (AvgIpc) is 2.65. The van der Waals surface area contributed by atoms with Gasteiger partial charge in [-0.1, -0.05) is 6.92 Å². The minimum atomic E-state index is 0.537. The molecule has 4 heteroatoms. The van der Waals surface area contributed by atoms with E-state index in [9.17, 15) is 0 Å². The van der Waals surface area contributed by atoms with Crippen LogP contribution in [0.1, 0.15) is 18.9 Å². The van der Waals surface area contributed by atoms with E-state index in [-0.39, 0.29) is 0 Å². The van der Waals surface area contributed by atoms with Crippen molar-refractivity contribution in [2.45, 2.75) is 19.9 Å². The van der Waals surface area contributed by atoms with Crippen molar-refractivity contribution >= 4 is 5.82 Å². The summed E-state index contributed by atoms with van der Waals surface area (Å²) in [5, 5.41) is 8.08. The Balaban J connectivity index is 2.22. The third-order valence-corrected chi connectivity index (χ3v) is 2.73. The molecule has 2 heterocycles. The highest BCUT2D eigenvalue weighted by Gasteiger charge is 2.21. The summed E-state index contributed by atoms with van der Waals surface area (Å²) in [6.45, 7) is 4.95. The molecular weight excluding hydrogens is 176 g/mol. The van der Waals surface area contributed by atoms with E-state index < -0.39 is 0 Å². The molecule has 76 valence electrons. The van der Waals surface area contributed by atoms with Gasteiger partial charge in [0.1, 0.15) is 0 Å². The van der Waals surface area contributed by atoms with Gasteiger partial charge in [-0.25, -0.2) is 0 Å². The van der Waals surface area contributed by atoms with Crippen LogP contribution in [-0.4, -0.2) is 23.3 Å². The molecule has 0 aromatic carbocycles. The summed E-state index contributed by atoms with van der Waals surface area (Å²) in [6, 6.07) is 1.95. The SMILES string of the molecule is CC1CCN(c2nnccc2CN)C1. The van der Waals surface area contributed by atoms with E-state index in [0.717, 1.165) is 30.4 Å². The second kappa shape index (κ2) is 3.92. The lowest BCUT2D eigenvalue weighted by molar-refractivity contribution is 0.658. The zero-order chi connectivity index (χ0) is 9.97. The number of nitrogens with two attached hydrogens (primary N) is 1. The first kappa shape index (κ1) is 9.40. The molecule has 0 saturated carbocycles. The normalized spacial score (nSPS) is 21.6. The second-order valence-corrected chi connectivity index (χ2v) is 3.92. The Bertz CT molecular complexity index is 313. The maximum absolute atomic E-state index is 5.66. The monoisotopic (exact) mass is 192 g/mol. The summed E-state index contributed by atoms with van der Waals surface area (Å²) in [5.74, 6) is 1.72. The molecule has 0 aliphatic carbocycles. The van der Waals surface area contributed by atoms with Crippen LogP contribution < -0.4 is 10.6 Å². The van der Waals surface area contributed by atoms with Crippen molar-refractivity contribution < 1.29 is 0 Å². The van der Waals surface area contributed by atoms with Gasteiger partial charge in [0.05, 0.1) is 6.20 Å². The van der Waals surface area contributed by atoms with Crippen LogP contribution in [0.25, 0.3) is 0 Å². The first-order valence-electron chi connectivity index (χ1n) is 5.07. The summed E-state index contributed by atoms with van der Waals surface area (Å²) in [7, 11) is 0. The Hall–Kier alpha value is -1.16. The van der Waals surface area contributed by atoms with Crippen LogP contribution in [0.5, 0.6) is 0 Å². The molecule has 2 rings (SSSR count). The molecule has 4 nitrogen and oxygen atoms in total.